The second-order valence-corrected chi connectivity index (χ2v) is 8.07. The molecule has 0 bridgehead atoms. The Labute approximate surface area is 210 Å². The number of carbonyl (C=O) groups excluding carboxylic acids is 3. The third-order valence-corrected chi connectivity index (χ3v) is 5.42. The zero-order chi connectivity index (χ0) is 25.6. The molecule has 10 heteroatoms. The van der Waals surface area contributed by atoms with Crippen LogP contribution < -0.4 is 16.0 Å². The fourth-order valence-electron chi connectivity index (χ4n) is 3.54. The number of amides is 2. The van der Waals surface area contributed by atoms with Crippen molar-refractivity contribution in [1.82, 2.24) is 16.0 Å². The molecule has 0 spiro atoms. The van der Waals surface area contributed by atoms with E-state index >= 15 is 0 Å². The van der Waals surface area contributed by atoms with Crippen molar-refractivity contribution >= 4 is 23.9 Å². The van der Waals surface area contributed by atoms with Gasteiger partial charge in [-0.1, -0.05) is 60.7 Å². The zero-order valence-electron chi connectivity index (χ0n) is 20.3. The number of hydrogen-bond acceptors (Lipinski definition) is 7. The van der Waals surface area contributed by atoms with Gasteiger partial charge in [-0.05, 0) is 30.9 Å². The maximum atomic E-state index is 12.3. The van der Waals surface area contributed by atoms with E-state index in [9.17, 15) is 14.4 Å². The van der Waals surface area contributed by atoms with Crippen molar-refractivity contribution in [3.63, 3.8) is 0 Å². The molecule has 1 aliphatic heterocycles. The number of nitrogens with one attached hydrogen (secondary N) is 3. The summed E-state index contributed by atoms with van der Waals surface area (Å²) in [4.78, 5) is 40.3. The largest absolute Gasteiger partial charge is 0.464 e. The molecule has 1 aliphatic rings. The first-order chi connectivity index (χ1) is 17.6. The summed E-state index contributed by atoms with van der Waals surface area (Å²) in [7, 11) is 0. The predicted molar refractivity (Wildman–Crippen MR) is 133 cm³/mol. The van der Waals surface area contributed by atoms with Crippen molar-refractivity contribution in [2.75, 3.05) is 19.9 Å². The molecular weight excluding hydrogens is 464 g/mol. The quantitative estimate of drug-likeness (QED) is 0.135. The summed E-state index contributed by atoms with van der Waals surface area (Å²) in [5.74, 6) is -0.819. The van der Waals surface area contributed by atoms with Crippen LogP contribution in [0.5, 0.6) is 0 Å². The van der Waals surface area contributed by atoms with Crippen LogP contribution >= 0.6 is 0 Å². The topological polar surface area (TPSA) is 127 Å². The lowest BCUT2D eigenvalue weighted by Gasteiger charge is -2.34. The van der Waals surface area contributed by atoms with Crippen LogP contribution in [-0.2, 0) is 37.0 Å². The van der Waals surface area contributed by atoms with Gasteiger partial charge in [0.25, 0.3) is 0 Å². The predicted octanol–water partition coefficient (Wildman–Crippen LogP) is 2.49. The van der Waals surface area contributed by atoms with Crippen molar-refractivity contribution in [3.05, 3.63) is 71.8 Å². The van der Waals surface area contributed by atoms with Gasteiger partial charge < -0.3 is 24.8 Å². The van der Waals surface area contributed by atoms with E-state index in [0.717, 1.165) is 11.1 Å². The summed E-state index contributed by atoms with van der Waals surface area (Å²) in [6.45, 7) is 2.91. The van der Waals surface area contributed by atoms with E-state index < -0.39 is 24.0 Å². The third kappa shape index (κ3) is 8.70. The zero-order valence-corrected chi connectivity index (χ0v) is 20.3. The van der Waals surface area contributed by atoms with Gasteiger partial charge in [0.1, 0.15) is 19.4 Å². The van der Waals surface area contributed by atoms with Gasteiger partial charge >= 0.3 is 12.1 Å². The molecular formula is C26H32N4O6. The average molecular weight is 497 g/mol. The van der Waals surface area contributed by atoms with Gasteiger partial charge in [0.05, 0.1) is 19.1 Å². The average Bonchev–Trinajstić information content (AvgIpc) is 2.89. The monoisotopic (exact) mass is 496 g/mol. The minimum Gasteiger partial charge on any atom is -0.464 e. The van der Waals surface area contributed by atoms with E-state index in [2.05, 4.69) is 20.9 Å². The molecule has 192 valence electrons. The number of esters is 1. The van der Waals surface area contributed by atoms with Gasteiger partial charge in [-0.25, -0.2) is 14.6 Å². The highest BCUT2D eigenvalue weighted by Crippen LogP contribution is 2.21. The maximum absolute atomic E-state index is 12.3. The number of guanidine groups is 1. The number of benzene rings is 2. The molecule has 1 unspecified atom stereocenters. The molecule has 0 saturated carbocycles. The Morgan fingerprint density at radius 3 is 2.28 bits per heavy atom. The minimum absolute atomic E-state index is 0.0200. The fraction of sp³-hybridized carbons (Fsp3) is 0.385. The van der Waals surface area contributed by atoms with Gasteiger partial charge in [0, 0.05) is 6.54 Å². The first-order valence-corrected chi connectivity index (χ1v) is 11.9. The maximum Gasteiger partial charge on any atom is 0.414 e. The number of rotatable bonds is 12. The van der Waals surface area contributed by atoms with Crippen molar-refractivity contribution in [2.45, 2.75) is 39.0 Å². The number of ether oxygens (including phenoxy) is 3. The molecule has 2 aromatic rings. The second kappa shape index (κ2) is 14.5. The van der Waals surface area contributed by atoms with Crippen molar-refractivity contribution in [2.24, 2.45) is 10.9 Å². The van der Waals surface area contributed by atoms with Gasteiger partial charge in [-0.2, -0.15) is 0 Å². The number of hydrogen-bond donors (Lipinski definition) is 3. The van der Waals surface area contributed by atoms with E-state index in [1.165, 1.54) is 0 Å². The van der Waals surface area contributed by atoms with E-state index in [0.29, 0.717) is 26.0 Å². The van der Waals surface area contributed by atoms with Crippen LogP contribution in [0.3, 0.4) is 0 Å². The molecule has 3 N–H and O–H groups in total. The number of aliphatic imine (C=N–C) groups is 1. The Kier molecular flexibility index (Phi) is 10.7. The van der Waals surface area contributed by atoms with Crippen molar-refractivity contribution in [1.29, 1.82) is 0 Å². The molecule has 1 heterocycles. The molecule has 3 rings (SSSR count). The number of carbonyl (C=O) groups is 3. The van der Waals surface area contributed by atoms with Crippen LogP contribution in [0, 0.1) is 5.92 Å². The van der Waals surface area contributed by atoms with Crippen LogP contribution in [0.15, 0.2) is 65.7 Å². The molecule has 1 fully saturated rings. The Morgan fingerprint density at radius 1 is 0.972 bits per heavy atom. The lowest BCUT2D eigenvalue weighted by atomic mass is 9.86. The van der Waals surface area contributed by atoms with Crippen LogP contribution in [-0.4, -0.2) is 49.9 Å². The number of nitrogens with zero attached hydrogens (tertiary/aromatic N) is 1. The Balaban J connectivity index is 1.47. The van der Waals surface area contributed by atoms with E-state index in [-0.39, 0.29) is 31.8 Å². The fourth-order valence-corrected chi connectivity index (χ4v) is 3.54. The lowest BCUT2D eigenvalue weighted by Crippen LogP contribution is -2.62. The lowest BCUT2D eigenvalue weighted by molar-refractivity contribution is -0.157. The summed E-state index contributed by atoms with van der Waals surface area (Å²) in [5.41, 5.74) is 1.87. The SMILES string of the molecule is CCOC(=O)C1NC(=O)[C@@H]1CCCN/C(=N/COCc1ccccc1)NC(=O)OCc1ccccc1. The summed E-state index contributed by atoms with van der Waals surface area (Å²) in [5, 5.41) is 8.23. The molecule has 0 aromatic heterocycles. The molecule has 1 saturated heterocycles. The molecule has 2 amide bonds. The smallest absolute Gasteiger partial charge is 0.414 e. The molecule has 36 heavy (non-hydrogen) atoms. The standard InChI is InChI=1S/C26H32N4O6/c1-2-35-24(32)22-21(23(31)29-22)14-9-15-27-25(28-18-34-16-19-10-5-3-6-11-19)30-26(33)36-17-20-12-7-4-8-13-20/h3-8,10-13,21-22H,2,9,14-18H2,1H3,(H,29,31)(H2,27,28,30,33)/t21-,22?/m1/s1. The summed E-state index contributed by atoms with van der Waals surface area (Å²) in [6, 6.07) is 18.4. The van der Waals surface area contributed by atoms with Crippen LogP contribution in [0.2, 0.25) is 0 Å². The number of alkyl carbamates (subject to hydrolysis) is 1. The highest BCUT2D eigenvalue weighted by Gasteiger charge is 2.44. The highest BCUT2D eigenvalue weighted by molar-refractivity contribution is 5.97. The van der Waals surface area contributed by atoms with Crippen LogP contribution in [0.4, 0.5) is 4.79 Å². The van der Waals surface area contributed by atoms with E-state index in [4.69, 9.17) is 14.2 Å². The Morgan fingerprint density at radius 2 is 1.64 bits per heavy atom. The summed E-state index contributed by atoms with van der Waals surface area (Å²) < 4.78 is 15.8. The van der Waals surface area contributed by atoms with Crippen LogP contribution in [0.1, 0.15) is 30.9 Å². The van der Waals surface area contributed by atoms with Crippen LogP contribution in [0.25, 0.3) is 0 Å². The second-order valence-electron chi connectivity index (χ2n) is 8.07. The molecule has 10 nitrogen and oxygen atoms in total. The van der Waals surface area contributed by atoms with Gasteiger partial charge in [-0.3, -0.25) is 10.1 Å². The van der Waals surface area contributed by atoms with Crippen molar-refractivity contribution in [3.8, 4) is 0 Å². The van der Waals surface area contributed by atoms with Crippen molar-refractivity contribution < 1.29 is 28.6 Å². The molecule has 0 radical (unpaired) electrons. The third-order valence-electron chi connectivity index (χ3n) is 5.42. The van der Waals surface area contributed by atoms with E-state index in [1.807, 2.05) is 60.7 Å². The summed E-state index contributed by atoms with van der Waals surface area (Å²) >= 11 is 0. The number of β-lactam (4-membered cyclic amide) rings is 1. The van der Waals surface area contributed by atoms with Gasteiger partial charge in [0.15, 0.2) is 0 Å². The minimum atomic E-state index is -0.658. The van der Waals surface area contributed by atoms with E-state index in [1.54, 1.807) is 6.92 Å². The molecule has 2 aromatic carbocycles. The Hall–Kier alpha value is -3.92. The summed E-state index contributed by atoms with van der Waals surface area (Å²) in [6.07, 6.45) is 0.394. The molecule has 2 atom stereocenters. The first-order valence-electron chi connectivity index (χ1n) is 11.9. The normalized spacial score (nSPS) is 16.9. The Bertz CT molecular complexity index is 1020. The van der Waals surface area contributed by atoms with Gasteiger partial charge in [0.2, 0.25) is 11.9 Å². The molecule has 0 aliphatic carbocycles. The van der Waals surface area contributed by atoms with Gasteiger partial charge in [-0.15, -0.1) is 0 Å². The first kappa shape index (κ1) is 26.7. The highest BCUT2D eigenvalue weighted by atomic mass is 16.5.